The second kappa shape index (κ2) is 8.41. The molecule has 0 amide bonds. The fraction of sp³-hybridized carbons (Fsp3) is 0.607. The molecule has 3 aliphatic rings. The van der Waals surface area contributed by atoms with Crippen LogP contribution in [0.4, 0.5) is 0 Å². The molecule has 0 heterocycles. The van der Waals surface area contributed by atoms with Gasteiger partial charge < -0.3 is 10.2 Å². The third kappa shape index (κ3) is 3.74. The predicted octanol–water partition coefficient (Wildman–Crippen LogP) is 5.75. The number of fused-ring (bicyclic) bond motifs is 3. The SMILES string of the molecule is CC(C)c1cc2c(cc1C(=O)C1CC=CCC1C(=O)O)C1(C)CCCC(C)(C(=O)O)C1CC2. The number of rotatable bonds is 5. The maximum Gasteiger partial charge on any atom is 0.309 e. The second-order valence-electron chi connectivity index (χ2n) is 11.2. The Labute approximate surface area is 196 Å². The van der Waals surface area contributed by atoms with Crippen molar-refractivity contribution in [3.63, 3.8) is 0 Å². The van der Waals surface area contributed by atoms with Gasteiger partial charge in [-0.05, 0) is 85.5 Å². The van der Waals surface area contributed by atoms with Crippen molar-refractivity contribution in [2.45, 2.75) is 84.0 Å². The number of aryl methyl sites for hydroxylation is 1. The summed E-state index contributed by atoms with van der Waals surface area (Å²) in [5.74, 6) is -2.84. The lowest BCUT2D eigenvalue weighted by Crippen LogP contribution is -2.52. The molecule has 0 aromatic heterocycles. The zero-order chi connectivity index (χ0) is 24.1. The number of ketones is 1. The maximum atomic E-state index is 13.8. The molecule has 4 rings (SSSR count). The first kappa shape index (κ1) is 23.7. The summed E-state index contributed by atoms with van der Waals surface area (Å²) in [6.07, 6.45) is 8.70. The van der Waals surface area contributed by atoms with E-state index in [1.807, 2.05) is 25.1 Å². The molecule has 5 heteroatoms. The van der Waals surface area contributed by atoms with E-state index >= 15 is 0 Å². The minimum Gasteiger partial charge on any atom is -0.481 e. The van der Waals surface area contributed by atoms with Crippen LogP contribution in [-0.2, 0) is 21.4 Å². The van der Waals surface area contributed by atoms with Crippen LogP contribution < -0.4 is 0 Å². The smallest absolute Gasteiger partial charge is 0.309 e. The molecule has 0 radical (unpaired) electrons. The third-order valence-corrected chi connectivity index (χ3v) is 8.99. The van der Waals surface area contributed by atoms with Crippen molar-refractivity contribution in [2.24, 2.45) is 23.2 Å². The zero-order valence-electron chi connectivity index (χ0n) is 20.2. The molecule has 0 aliphatic heterocycles. The fourth-order valence-electron chi connectivity index (χ4n) is 7.06. The number of Topliss-reactive ketones (excluding diaryl/α,β-unsaturated/α-hetero) is 1. The highest BCUT2D eigenvalue weighted by molar-refractivity contribution is 6.02. The Balaban J connectivity index is 1.84. The molecule has 33 heavy (non-hydrogen) atoms. The zero-order valence-corrected chi connectivity index (χ0v) is 20.2. The summed E-state index contributed by atoms with van der Waals surface area (Å²) >= 11 is 0. The van der Waals surface area contributed by atoms with Crippen LogP contribution in [0.5, 0.6) is 0 Å². The number of carboxylic acid groups (broad SMARTS) is 2. The highest BCUT2D eigenvalue weighted by Crippen LogP contribution is 2.57. The lowest BCUT2D eigenvalue weighted by Gasteiger charge is -2.53. The normalized spacial score (nSPS) is 33.3. The standard InChI is InChI=1S/C28H36O5/c1-16(2)20-14-17-10-11-23-27(3,12-7-13-28(23,4)26(32)33)22(17)15-21(20)24(29)18-8-5-6-9-19(18)25(30)31/h5-6,14-16,18-19,23H,7-13H2,1-4H3,(H,30,31)(H,32,33). The molecule has 0 saturated heterocycles. The third-order valence-electron chi connectivity index (χ3n) is 8.99. The van der Waals surface area contributed by atoms with E-state index in [1.165, 1.54) is 5.56 Å². The Morgan fingerprint density at radius 3 is 2.27 bits per heavy atom. The summed E-state index contributed by atoms with van der Waals surface area (Å²) < 4.78 is 0. The van der Waals surface area contributed by atoms with Crippen LogP contribution in [0.1, 0.15) is 99.2 Å². The van der Waals surface area contributed by atoms with Gasteiger partial charge in [-0.3, -0.25) is 14.4 Å². The number of carboxylic acids is 2. The van der Waals surface area contributed by atoms with Crippen molar-refractivity contribution < 1.29 is 24.6 Å². The summed E-state index contributed by atoms with van der Waals surface area (Å²) in [5.41, 5.74) is 2.88. The number of carbonyl (C=O) groups excluding carboxylic acids is 1. The van der Waals surface area contributed by atoms with E-state index in [1.54, 1.807) is 0 Å². The van der Waals surface area contributed by atoms with E-state index in [-0.39, 0.29) is 23.0 Å². The molecule has 1 saturated carbocycles. The minimum atomic E-state index is -0.918. The molecule has 5 nitrogen and oxygen atoms in total. The van der Waals surface area contributed by atoms with Gasteiger partial charge >= 0.3 is 11.9 Å². The summed E-state index contributed by atoms with van der Waals surface area (Å²) in [5, 5.41) is 19.8. The molecule has 0 spiro atoms. The van der Waals surface area contributed by atoms with Crippen LogP contribution in [-0.4, -0.2) is 27.9 Å². The first-order chi connectivity index (χ1) is 15.5. The number of benzene rings is 1. The molecule has 3 aliphatic carbocycles. The van der Waals surface area contributed by atoms with Crippen molar-refractivity contribution in [2.75, 3.05) is 0 Å². The fourth-order valence-corrected chi connectivity index (χ4v) is 7.06. The highest BCUT2D eigenvalue weighted by Gasteiger charge is 2.55. The molecule has 5 unspecified atom stereocenters. The second-order valence-corrected chi connectivity index (χ2v) is 11.2. The molecule has 1 aromatic rings. The molecule has 178 valence electrons. The van der Waals surface area contributed by atoms with Gasteiger partial charge in [0.25, 0.3) is 0 Å². The highest BCUT2D eigenvalue weighted by atomic mass is 16.4. The van der Waals surface area contributed by atoms with Gasteiger partial charge in [-0.25, -0.2) is 0 Å². The quantitative estimate of drug-likeness (QED) is 0.438. The van der Waals surface area contributed by atoms with Crippen LogP contribution in [0.25, 0.3) is 0 Å². The minimum absolute atomic E-state index is 0.0148. The van der Waals surface area contributed by atoms with Gasteiger partial charge in [-0.2, -0.15) is 0 Å². The van der Waals surface area contributed by atoms with Crippen LogP contribution in [0.3, 0.4) is 0 Å². The Morgan fingerprint density at radius 1 is 1.00 bits per heavy atom. The summed E-state index contributed by atoms with van der Waals surface area (Å²) in [4.78, 5) is 38.0. The topological polar surface area (TPSA) is 91.7 Å². The summed E-state index contributed by atoms with van der Waals surface area (Å²) in [7, 11) is 0. The van der Waals surface area contributed by atoms with Gasteiger partial charge in [0, 0.05) is 11.5 Å². The van der Waals surface area contributed by atoms with E-state index < -0.39 is 29.2 Å². The average Bonchev–Trinajstić information content (AvgIpc) is 2.77. The van der Waals surface area contributed by atoms with Gasteiger partial charge in [0.1, 0.15) is 0 Å². The largest absolute Gasteiger partial charge is 0.481 e. The molecular formula is C28H36O5. The van der Waals surface area contributed by atoms with Gasteiger partial charge in [0.05, 0.1) is 11.3 Å². The van der Waals surface area contributed by atoms with E-state index in [0.717, 1.165) is 36.8 Å². The Hall–Kier alpha value is -2.43. The molecule has 5 atom stereocenters. The molecule has 0 bridgehead atoms. The van der Waals surface area contributed by atoms with Crippen molar-refractivity contribution in [1.82, 2.24) is 0 Å². The van der Waals surface area contributed by atoms with Gasteiger partial charge in [-0.1, -0.05) is 45.4 Å². The molecular weight excluding hydrogens is 416 g/mol. The van der Waals surface area contributed by atoms with Crippen molar-refractivity contribution >= 4 is 17.7 Å². The van der Waals surface area contributed by atoms with E-state index in [9.17, 15) is 24.6 Å². The van der Waals surface area contributed by atoms with E-state index in [4.69, 9.17) is 0 Å². The van der Waals surface area contributed by atoms with E-state index in [0.29, 0.717) is 24.8 Å². The van der Waals surface area contributed by atoms with Gasteiger partial charge in [-0.15, -0.1) is 0 Å². The number of carbonyl (C=O) groups is 3. The van der Waals surface area contributed by atoms with Crippen molar-refractivity contribution in [1.29, 1.82) is 0 Å². The number of allylic oxidation sites excluding steroid dienone is 2. The van der Waals surface area contributed by atoms with Crippen LogP contribution in [0.15, 0.2) is 24.3 Å². The maximum absolute atomic E-state index is 13.8. The summed E-state index contributed by atoms with van der Waals surface area (Å²) in [6.45, 7) is 8.22. The molecule has 2 N–H and O–H groups in total. The average molecular weight is 453 g/mol. The van der Waals surface area contributed by atoms with Gasteiger partial charge in [0.2, 0.25) is 0 Å². The number of hydrogen-bond donors (Lipinski definition) is 2. The van der Waals surface area contributed by atoms with Crippen LogP contribution in [0, 0.1) is 23.2 Å². The lowest BCUT2D eigenvalue weighted by atomic mass is 9.49. The Morgan fingerprint density at radius 2 is 1.67 bits per heavy atom. The van der Waals surface area contributed by atoms with E-state index in [2.05, 4.69) is 26.8 Å². The van der Waals surface area contributed by atoms with Crippen molar-refractivity contribution in [3.05, 3.63) is 46.5 Å². The number of hydrogen-bond acceptors (Lipinski definition) is 3. The first-order valence-electron chi connectivity index (χ1n) is 12.3. The Bertz CT molecular complexity index is 1020. The molecule has 1 aromatic carbocycles. The van der Waals surface area contributed by atoms with Gasteiger partial charge in [0.15, 0.2) is 5.78 Å². The van der Waals surface area contributed by atoms with Crippen molar-refractivity contribution in [3.8, 4) is 0 Å². The lowest BCUT2D eigenvalue weighted by molar-refractivity contribution is -0.157. The first-order valence-corrected chi connectivity index (χ1v) is 12.3. The van der Waals surface area contributed by atoms with Crippen LogP contribution in [0.2, 0.25) is 0 Å². The molecule has 1 fully saturated rings. The monoisotopic (exact) mass is 452 g/mol. The number of aliphatic carboxylic acids is 2. The van der Waals surface area contributed by atoms with Crippen LogP contribution >= 0.6 is 0 Å². The Kier molecular flexibility index (Phi) is 6.05. The predicted molar refractivity (Wildman–Crippen MR) is 127 cm³/mol. The summed E-state index contributed by atoms with van der Waals surface area (Å²) in [6, 6.07) is 4.19.